The maximum atomic E-state index is 12.5. The summed E-state index contributed by atoms with van der Waals surface area (Å²) >= 11 is 0. The van der Waals surface area contributed by atoms with Gasteiger partial charge in [0.05, 0.1) is 17.6 Å². The molecule has 2 rings (SSSR count). The molecule has 0 saturated heterocycles. The summed E-state index contributed by atoms with van der Waals surface area (Å²) in [7, 11) is -2.09. The average Bonchev–Trinajstić information content (AvgIpc) is 2.91. The van der Waals surface area contributed by atoms with Crippen molar-refractivity contribution in [2.24, 2.45) is 5.92 Å². The number of carbonyl (C=O) groups excluding carboxylic acids is 1. The Balaban J connectivity index is 2.73. The SMILES string of the molecule is CCCc1c(C(=O)OC)ccc(C2CCCC2C)c1S(C)(=O)=O. The van der Waals surface area contributed by atoms with E-state index in [9.17, 15) is 13.2 Å². The zero-order valence-electron chi connectivity index (χ0n) is 14.4. The van der Waals surface area contributed by atoms with Crippen LogP contribution in [-0.4, -0.2) is 27.8 Å². The van der Waals surface area contributed by atoms with Crippen molar-refractivity contribution in [3.05, 3.63) is 28.8 Å². The molecule has 0 heterocycles. The van der Waals surface area contributed by atoms with Crippen LogP contribution in [0, 0.1) is 5.92 Å². The minimum Gasteiger partial charge on any atom is -0.465 e. The lowest BCUT2D eigenvalue weighted by molar-refractivity contribution is 0.0599. The summed E-state index contributed by atoms with van der Waals surface area (Å²) in [6.45, 7) is 4.16. The second-order valence-corrected chi connectivity index (χ2v) is 8.49. The minimum atomic E-state index is -3.42. The van der Waals surface area contributed by atoms with Gasteiger partial charge in [-0.15, -0.1) is 0 Å². The molecule has 4 nitrogen and oxygen atoms in total. The van der Waals surface area contributed by atoms with Crippen molar-refractivity contribution in [2.45, 2.75) is 56.8 Å². The predicted molar refractivity (Wildman–Crippen MR) is 90.6 cm³/mol. The Labute approximate surface area is 139 Å². The van der Waals surface area contributed by atoms with Crippen LogP contribution in [0.2, 0.25) is 0 Å². The van der Waals surface area contributed by atoms with Crippen molar-refractivity contribution in [2.75, 3.05) is 13.4 Å². The monoisotopic (exact) mass is 338 g/mol. The predicted octanol–water partition coefficient (Wildman–Crippen LogP) is 3.73. The highest BCUT2D eigenvalue weighted by Crippen LogP contribution is 2.43. The molecule has 23 heavy (non-hydrogen) atoms. The van der Waals surface area contributed by atoms with Crippen LogP contribution in [0.1, 0.15) is 66.9 Å². The first-order valence-corrected chi connectivity index (χ1v) is 10.1. The Morgan fingerprint density at radius 2 is 2.00 bits per heavy atom. The minimum absolute atomic E-state index is 0.252. The summed E-state index contributed by atoms with van der Waals surface area (Å²) in [6.07, 6.45) is 5.82. The van der Waals surface area contributed by atoms with Gasteiger partial charge in [0.1, 0.15) is 0 Å². The molecule has 1 fully saturated rings. The number of esters is 1. The van der Waals surface area contributed by atoms with Crippen molar-refractivity contribution in [3.63, 3.8) is 0 Å². The Bertz CT molecular complexity index is 691. The fraction of sp³-hybridized carbons (Fsp3) is 0.611. The topological polar surface area (TPSA) is 60.4 Å². The molecule has 128 valence electrons. The van der Waals surface area contributed by atoms with E-state index >= 15 is 0 Å². The first kappa shape index (κ1) is 18.0. The van der Waals surface area contributed by atoms with Gasteiger partial charge in [-0.3, -0.25) is 0 Å². The summed E-state index contributed by atoms with van der Waals surface area (Å²) < 4.78 is 29.9. The molecule has 1 aliphatic rings. The Morgan fingerprint density at radius 3 is 2.48 bits per heavy atom. The van der Waals surface area contributed by atoms with Gasteiger partial charge in [-0.05, 0) is 41.9 Å². The van der Waals surface area contributed by atoms with E-state index in [0.29, 0.717) is 28.4 Å². The van der Waals surface area contributed by atoms with Crippen molar-refractivity contribution < 1.29 is 17.9 Å². The van der Waals surface area contributed by atoms with E-state index in [4.69, 9.17) is 4.74 Å². The number of methoxy groups -OCH3 is 1. The molecule has 0 bridgehead atoms. The van der Waals surface area contributed by atoms with E-state index in [1.807, 2.05) is 13.0 Å². The highest BCUT2D eigenvalue weighted by Gasteiger charge is 2.32. The number of rotatable bonds is 5. The molecular weight excluding hydrogens is 312 g/mol. The lowest BCUT2D eigenvalue weighted by atomic mass is 9.87. The van der Waals surface area contributed by atoms with E-state index in [-0.39, 0.29) is 5.92 Å². The molecule has 0 amide bonds. The van der Waals surface area contributed by atoms with Crippen LogP contribution in [0.5, 0.6) is 0 Å². The second-order valence-electron chi connectivity index (χ2n) is 6.54. The highest BCUT2D eigenvalue weighted by atomic mass is 32.2. The van der Waals surface area contributed by atoms with Gasteiger partial charge in [-0.25, -0.2) is 13.2 Å². The van der Waals surface area contributed by atoms with Gasteiger partial charge in [0.15, 0.2) is 9.84 Å². The maximum absolute atomic E-state index is 12.5. The molecule has 1 aliphatic carbocycles. The smallest absolute Gasteiger partial charge is 0.338 e. The Hall–Kier alpha value is -1.36. The normalized spacial score (nSPS) is 21.4. The molecule has 0 N–H and O–H groups in total. The van der Waals surface area contributed by atoms with E-state index < -0.39 is 15.8 Å². The number of ether oxygens (including phenoxy) is 1. The largest absolute Gasteiger partial charge is 0.465 e. The van der Waals surface area contributed by atoms with Gasteiger partial charge in [0.25, 0.3) is 0 Å². The third-order valence-corrected chi connectivity index (χ3v) is 6.05. The second kappa shape index (κ2) is 7.04. The summed E-state index contributed by atoms with van der Waals surface area (Å²) in [5.74, 6) is 0.250. The summed E-state index contributed by atoms with van der Waals surface area (Å²) in [6, 6.07) is 3.57. The molecule has 0 spiro atoms. The first-order chi connectivity index (χ1) is 10.8. The molecule has 0 radical (unpaired) electrons. The van der Waals surface area contributed by atoms with Crippen LogP contribution in [0.3, 0.4) is 0 Å². The van der Waals surface area contributed by atoms with E-state index in [1.165, 1.54) is 13.4 Å². The Morgan fingerprint density at radius 1 is 1.30 bits per heavy atom. The van der Waals surface area contributed by atoms with Crippen LogP contribution in [-0.2, 0) is 21.0 Å². The standard InChI is InChI=1S/C18H26O4S/c1-5-7-14-16(18(19)22-3)11-10-15(17(14)23(4,20)21)13-9-6-8-12(13)2/h10-13H,5-9H2,1-4H3. The fourth-order valence-electron chi connectivity index (χ4n) is 3.78. The van der Waals surface area contributed by atoms with E-state index in [1.54, 1.807) is 6.07 Å². The maximum Gasteiger partial charge on any atom is 0.338 e. The fourth-order valence-corrected chi connectivity index (χ4v) is 5.09. The lowest BCUT2D eigenvalue weighted by Gasteiger charge is -2.22. The zero-order chi connectivity index (χ0) is 17.2. The number of hydrogen-bond acceptors (Lipinski definition) is 4. The molecule has 1 saturated carbocycles. The van der Waals surface area contributed by atoms with E-state index in [2.05, 4.69) is 6.92 Å². The van der Waals surface area contributed by atoms with Crippen molar-refractivity contribution >= 4 is 15.8 Å². The van der Waals surface area contributed by atoms with Crippen molar-refractivity contribution in [1.29, 1.82) is 0 Å². The van der Waals surface area contributed by atoms with Crippen LogP contribution < -0.4 is 0 Å². The van der Waals surface area contributed by atoms with Gasteiger partial charge in [-0.2, -0.15) is 0 Å². The van der Waals surface area contributed by atoms with Crippen molar-refractivity contribution in [3.8, 4) is 0 Å². The van der Waals surface area contributed by atoms with E-state index in [0.717, 1.165) is 31.2 Å². The molecule has 1 aromatic carbocycles. The van der Waals surface area contributed by atoms with Crippen molar-refractivity contribution in [1.82, 2.24) is 0 Å². The third-order valence-electron chi connectivity index (χ3n) is 4.83. The summed E-state index contributed by atoms with van der Waals surface area (Å²) in [4.78, 5) is 12.4. The molecule has 1 aromatic rings. The number of benzene rings is 1. The summed E-state index contributed by atoms with van der Waals surface area (Å²) in [5.41, 5.74) is 1.89. The average molecular weight is 338 g/mol. The molecule has 2 unspecified atom stereocenters. The Kier molecular flexibility index (Phi) is 5.50. The zero-order valence-corrected chi connectivity index (χ0v) is 15.2. The summed E-state index contributed by atoms with van der Waals surface area (Å²) in [5, 5.41) is 0. The molecule has 2 atom stereocenters. The van der Waals surface area contributed by atoms with Gasteiger partial charge in [-0.1, -0.05) is 39.2 Å². The van der Waals surface area contributed by atoms with Crippen LogP contribution in [0.25, 0.3) is 0 Å². The van der Waals surface area contributed by atoms with Gasteiger partial charge in [0, 0.05) is 6.26 Å². The first-order valence-electron chi connectivity index (χ1n) is 8.25. The van der Waals surface area contributed by atoms with Crippen LogP contribution in [0.15, 0.2) is 17.0 Å². The quantitative estimate of drug-likeness (QED) is 0.768. The van der Waals surface area contributed by atoms with Gasteiger partial charge < -0.3 is 4.74 Å². The number of sulfone groups is 1. The molecule has 5 heteroatoms. The molecule has 0 aromatic heterocycles. The lowest BCUT2D eigenvalue weighted by Crippen LogP contribution is -2.16. The number of carbonyl (C=O) groups is 1. The highest BCUT2D eigenvalue weighted by molar-refractivity contribution is 7.90. The van der Waals surface area contributed by atoms with Crippen LogP contribution >= 0.6 is 0 Å². The molecule has 0 aliphatic heterocycles. The number of hydrogen-bond donors (Lipinski definition) is 0. The third kappa shape index (κ3) is 3.60. The van der Waals surface area contributed by atoms with Crippen LogP contribution in [0.4, 0.5) is 0 Å². The molecular formula is C18H26O4S. The van der Waals surface area contributed by atoms with Gasteiger partial charge in [0.2, 0.25) is 0 Å². The van der Waals surface area contributed by atoms with Gasteiger partial charge >= 0.3 is 5.97 Å².